The number of rotatable bonds is 11. The number of aliphatic imine (C=N–C) groups is 1. The highest BCUT2D eigenvalue weighted by Crippen LogP contribution is 2.17. The van der Waals surface area contributed by atoms with Gasteiger partial charge in [0.1, 0.15) is 12.1 Å². The first-order valence-corrected chi connectivity index (χ1v) is 13.8. The summed E-state index contributed by atoms with van der Waals surface area (Å²) >= 11 is 0. The van der Waals surface area contributed by atoms with Gasteiger partial charge in [0.05, 0.1) is 24.8 Å². The maximum Gasteiger partial charge on any atom is 0.305 e. The Labute approximate surface area is 248 Å². The minimum atomic E-state index is -1.49. The Morgan fingerprint density at radius 3 is 2.16 bits per heavy atom. The summed E-state index contributed by atoms with van der Waals surface area (Å²) in [5, 5.41) is 28.3. The molecule has 1 aliphatic rings. The maximum atomic E-state index is 13.5. The Bertz CT molecular complexity index is 1220. The Hall–Kier alpha value is -4.82. The molecule has 1 fully saturated rings. The maximum absolute atomic E-state index is 13.5. The smallest absolute Gasteiger partial charge is 0.305 e. The zero-order chi connectivity index (χ0) is 31.9. The fourth-order valence-corrected chi connectivity index (χ4v) is 4.42. The van der Waals surface area contributed by atoms with Gasteiger partial charge in [0.25, 0.3) is 0 Å². The van der Waals surface area contributed by atoms with Gasteiger partial charge < -0.3 is 37.2 Å². The third-order valence-electron chi connectivity index (χ3n) is 6.59. The van der Waals surface area contributed by atoms with Crippen molar-refractivity contribution >= 4 is 47.2 Å². The molecule has 15 nitrogen and oxygen atoms in total. The van der Waals surface area contributed by atoms with Crippen LogP contribution in [0.3, 0.4) is 0 Å². The van der Waals surface area contributed by atoms with Gasteiger partial charge in [-0.2, -0.15) is 0 Å². The fourth-order valence-electron chi connectivity index (χ4n) is 4.42. The van der Waals surface area contributed by atoms with Crippen LogP contribution in [-0.4, -0.2) is 88.6 Å². The number of carboxylic acids is 2. The monoisotopic (exact) mass is 602 g/mol. The number of hydrogen-bond acceptors (Lipinski definition) is 8. The average molecular weight is 603 g/mol. The topological polar surface area (TPSA) is 246 Å². The number of nitrogens with one attached hydrogen (secondary N) is 4. The quantitative estimate of drug-likeness (QED) is 0.0913. The molecule has 0 bridgehead atoms. The van der Waals surface area contributed by atoms with Crippen molar-refractivity contribution in [3.05, 3.63) is 35.9 Å². The number of carbonyl (C=O) groups excluding carboxylic acids is 5. The molecular formula is C28H38N6O9. The number of Topliss-reactive ketones (excluding diaryl/α,β-unsaturated/α-hetero) is 1. The van der Waals surface area contributed by atoms with E-state index in [2.05, 4.69) is 26.3 Å². The third kappa shape index (κ3) is 12.7. The number of amidine groups is 1. The van der Waals surface area contributed by atoms with Crippen LogP contribution >= 0.6 is 0 Å². The van der Waals surface area contributed by atoms with Crippen molar-refractivity contribution in [2.75, 3.05) is 13.1 Å². The summed E-state index contributed by atoms with van der Waals surface area (Å²) in [6, 6.07) is 4.58. The summed E-state index contributed by atoms with van der Waals surface area (Å²) in [6.45, 7) is 1.20. The number of amides is 4. The molecule has 1 aromatic rings. The van der Waals surface area contributed by atoms with Crippen LogP contribution in [0.1, 0.15) is 51.0 Å². The number of benzene rings is 1. The number of carbonyl (C=O) groups is 7. The number of aliphatic carboxylic acids is 2. The second kappa shape index (κ2) is 17.2. The van der Waals surface area contributed by atoms with Gasteiger partial charge in [-0.15, -0.1) is 0 Å². The van der Waals surface area contributed by atoms with Crippen molar-refractivity contribution in [1.29, 1.82) is 0 Å². The van der Waals surface area contributed by atoms with Crippen LogP contribution in [0.4, 0.5) is 0 Å². The molecule has 1 heterocycles. The van der Waals surface area contributed by atoms with Crippen LogP contribution in [0.5, 0.6) is 0 Å². The SMILES string of the molecule is CC(N)=NCCC[C@@H]1NC(=O)[C@H](CCC(=O)O)NC(=O)[C@@H](Cc2ccccc2)CC(=O)[C@H](CC(=O)O)NC(=O)CNC1=O. The molecule has 234 valence electrons. The van der Waals surface area contributed by atoms with Gasteiger partial charge in [0.2, 0.25) is 23.6 Å². The zero-order valence-corrected chi connectivity index (χ0v) is 23.8. The molecule has 2 rings (SSSR count). The van der Waals surface area contributed by atoms with Crippen molar-refractivity contribution in [2.24, 2.45) is 16.6 Å². The van der Waals surface area contributed by atoms with Crippen molar-refractivity contribution < 1.29 is 43.8 Å². The lowest BCUT2D eigenvalue weighted by Crippen LogP contribution is -2.55. The summed E-state index contributed by atoms with van der Waals surface area (Å²) in [4.78, 5) is 92.5. The van der Waals surface area contributed by atoms with E-state index in [-0.39, 0.29) is 25.8 Å². The number of hydrogen-bond donors (Lipinski definition) is 7. The van der Waals surface area contributed by atoms with Gasteiger partial charge in [-0.1, -0.05) is 30.3 Å². The molecule has 0 saturated carbocycles. The molecule has 43 heavy (non-hydrogen) atoms. The van der Waals surface area contributed by atoms with E-state index in [9.17, 15) is 43.8 Å². The molecule has 0 aromatic heterocycles. The summed E-state index contributed by atoms with van der Waals surface area (Å²) in [5.41, 5.74) is 6.21. The zero-order valence-electron chi connectivity index (χ0n) is 23.8. The Morgan fingerprint density at radius 2 is 1.53 bits per heavy atom. The summed E-state index contributed by atoms with van der Waals surface area (Å²) in [6.07, 6.45) is -1.65. The van der Waals surface area contributed by atoms with Crippen LogP contribution in [0, 0.1) is 5.92 Å². The first-order valence-electron chi connectivity index (χ1n) is 13.8. The number of ketones is 1. The lowest BCUT2D eigenvalue weighted by atomic mass is 9.90. The van der Waals surface area contributed by atoms with Crippen molar-refractivity contribution in [1.82, 2.24) is 21.3 Å². The number of nitrogens with zero attached hydrogens (tertiary/aromatic N) is 1. The third-order valence-corrected chi connectivity index (χ3v) is 6.59. The van der Waals surface area contributed by atoms with Crippen LogP contribution in [0.15, 0.2) is 35.3 Å². The van der Waals surface area contributed by atoms with Crippen LogP contribution in [-0.2, 0) is 40.0 Å². The van der Waals surface area contributed by atoms with E-state index in [0.29, 0.717) is 17.8 Å². The molecule has 4 atom stereocenters. The molecule has 0 unspecified atom stereocenters. The predicted molar refractivity (Wildman–Crippen MR) is 153 cm³/mol. The second-order valence-electron chi connectivity index (χ2n) is 10.2. The van der Waals surface area contributed by atoms with E-state index < -0.39 is 91.2 Å². The molecule has 1 aromatic carbocycles. The highest BCUT2D eigenvalue weighted by Gasteiger charge is 2.33. The first kappa shape index (κ1) is 34.4. The molecule has 1 saturated heterocycles. The number of carboxylic acid groups (broad SMARTS) is 2. The second-order valence-corrected chi connectivity index (χ2v) is 10.2. The molecule has 1 aliphatic heterocycles. The first-order chi connectivity index (χ1) is 20.3. The summed E-state index contributed by atoms with van der Waals surface area (Å²) < 4.78 is 0. The van der Waals surface area contributed by atoms with Crippen LogP contribution in [0.25, 0.3) is 0 Å². The fraction of sp³-hybridized carbons (Fsp3) is 0.500. The molecule has 8 N–H and O–H groups in total. The summed E-state index contributed by atoms with van der Waals surface area (Å²) in [7, 11) is 0. The molecular weight excluding hydrogens is 564 g/mol. The van der Waals surface area contributed by atoms with Gasteiger partial charge in [0.15, 0.2) is 5.78 Å². The largest absolute Gasteiger partial charge is 0.481 e. The minimum absolute atomic E-state index is 0.0309. The van der Waals surface area contributed by atoms with Gasteiger partial charge in [-0.25, -0.2) is 0 Å². The van der Waals surface area contributed by atoms with E-state index >= 15 is 0 Å². The van der Waals surface area contributed by atoms with Gasteiger partial charge in [-0.3, -0.25) is 38.6 Å². The predicted octanol–water partition coefficient (Wildman–Crippen LogP) is -1.11. The Morgan fingerprint density at radius 1 is 0.884 bits per heavy atom. The molecule has 4 amide bonds. The lowest BCUT2D eigenvalue weighted by Gasteiger charge is -2.25. The van der Waals surface area contributed by atoms with Gasteiger partial charge in [0, 0.05) is 25.3 Å². The molecule has 15 heteroatoms. The highest BCUT2D eigenvalue weighted by molar-refractivity contribution is 5.98. The van der Waals surface area contributed by atoms with Crippen molar-refractivity contribution in [2.45, 2.75) is 70.0 Å². The number of nitrogens with two attached hydrogens (primary N) is 1. The van der Waals surface area contributed by atoms with E-state index in [4.69, 9.17) is 5.73 Å². The molecule has 0 radical (unpaired) electrons. The Balaban J connectivity index is 2.46. The van der Waals surface area contributed by atoms with E-state index in [1.807, 2.05) is 0 Å². The standard InChI is InChI=1S/C28H38N6O9/c1-16(29)30-11-5-8-19-27(42)31-15-23(36)32-21(14-25(39)40)22(35)13-18(12-17-6-3-2-4-7-17)26(41)33-20(28(43)34-19)9-10-24(37)38/h2-4,6-7,18-21H,5,8-15H2,1H3,(H2,29,30)(H,31,42)(H,32,36)(H,33,41)(H,34,43)(H,37,38)(H,39,40)/t18-,19-,20-,21-/m0/s1. The van der Waals surface area contributed by atoms with Crippen molar-refractivity contribution in [3.63, 3.8) is 0 Å². The lowest BCUT2D eigenvalue weighted by molar-refractivity contribution is -0.141. The Kier molecular flexibility index (Phi) is 13.8. The minimum Gasteiger partial charge on any atom is -0.481 e. The van der Waals surface area contributed by atoms with E-state index in [1.165, 1.54) is 0 Å². The van der Waals surface area contributed by atoms with E-state index in [0.717, 1.165) is 0 Å². The molecule has 0 spiro atoms. The van der Waals surface area contributed by atoms with Crippen LogP contribution in [0.2, 0.25) is 0 Å². The van der Waals surface area contributed by atoms with Crippen molar-refractivity contribution in [3.8, 4) is 0 Å². The highest BCUT2D eigenvalue weighted by atomic mass is 16.4. The summed E-state index contributed by atoms with van der Waals surface area (Å²) in [5.74, 6) is -7.32. The van der Waals surface area contributed by atoms with Gasteiger partial charge in [-0.05, 0) is 38.2 Å². The van der Waals surface area contributed by atoms with Crippen LogP contribution < -0.4 is 27.0 Å². The normalized spacial score (nSPS) is 22.7. The van der Waals surface area contributed by atoms with Gasteiger partial charge >= 0.3 is 11.9 Å². The molecule has 0 aliphatic carbocycles. The average Bonchev–Trinajstić information content (AvgIpc) is 2.94. The van der Waals surface area contributed by atoms with E-state index in [1.54, 1.807) is 37.3 Å².